The molecule has 0 heterocycles. The Bertz CT molecular complexity index is 246. The molecule has 0 aliphatic heterocycles. The van der Waals surface area contributed by atoms with Crippen molar-refractivity contribution in [2.75, 3.05) is 0 Å². The van der Waals surface area contributed by atoms with Crippen molar-refractivity contribution in [2.45, 2.75) is 31.8 Å². The van der Waals surface area contributed by atoms with E-state index in [2.05, 4.69) is 15.8 Å². The minimum atomic E-state index is -4.03. The maximum atomic E-state index is 11.0. The van der Waals surface area contributed by atoms with Crippen molar-refractivity contribution in [2.24, 2.45) is 0 Å². The quantitative estimate of drug-likeness (QED) is 0.394. The Labute approximate surface area is 78.0 Å². The lowest BCUT2D eigenvalue weighted by Crippen LogP contribution is -2.23. The molecular formula is C7H14O5S. The summed E-state index contributed by atoms with van der Waals surface area (Å²) in [6.07, 6.45) is 0.876. The maximum Gasteiger partial charge on any atom is 0.320 e. The lowest BCUT2D eigenvalue weighted by atomic mass is 10.4. The highest BCUT2D eigenvalue weighted by molar-refractivity contribution is 7.87. The number of aliphatic hydroxyl groups excluding tert-OH is 1. The van der Waals surface area contributed by atoms with Crippen LogP contribution in [0.4, 0.5) is 0 Å². The summed E-state index contributed by atoms with van der Waals surface area (Å²) < 4.78 is 26.0. The molecule has 0 bridgehead atoms. The van der Waals surface area contributed by atoms with Crippen LogP contribution in [0.3, 0.4) is 0 Å². The number of hydrogen-bond donors (Lipinski definition) is 1. The largest absolute Gasteiger partial charge is 0.375 e. The Morgan fingerprint density at radius 2 is 2.15 bits per heavy atom. The van der Waals surface area contributed by atoms with Gasteiger partial charge in [0, 0.05) is 0 Å². The number of hydrogen-bond acceptors (Lipinski definition) is 5. The van der Waals surface area contributed by atoms with E-state index in [1.54, 1.807) is 6.92 Å². The van der Waals surface area contributed by atoms with Gasteiger partial charge >= 0.3 is 10.1 Å². The Hall–Kier alpha value is -0.430. The smallest absolute Gasteiger partial charge is 0.320 e. The van der Waals surface area contributed by atoms with E-state index >= 15 is 0 Å². The summed E-state index contributed by atoms with van der Waals surface area (Å²) in [6.45, 7) is 6.44. The Kier molecular flexibility index (Phi) is 5.16. The summed E-state index contributed by atoms with van der Waals surface area (Å²) in [6, 6.07) is 0. The lowest BCUT2D eigenvalue weighted by molar-refractivity contribution is -0.223. The lowest BCUT2D eigenvalue weighted by Gasteiger charge is -2.10. The molecule has 0 aliphatic rings. The van der Waals surface area contributed by atoms with Gasteiger partial charge in [-0.25, -0.2) is 4.89 Å². The van der Waals surface area contributed by atoms with Gasteiger partial charge in [0.25, 0.3) is 0 Å². The van der Waals surface area contributed by atoms with E-state index in [0.717, 1.165) is 0 Å². The second kappa shape index (κ2) is 5.33. The van der Waals surface area contributed by atoms with Crippen LogP contribution in [0.25, 0.3) is 0 Å². The molecule has 2 atom stereocenters. The van der Waals surface area contributed by atoms with E-state index in [1.807, 2.05) is 0 Å². The van der Waals surface area contributed by atoms with Crippen LogP contribution >= 0.6 is 0 Å². The van der Waals surface area contributed by atoms with Crippen molar-refractivity contribution >= 4 is 10.1 Å². The molecular weight excluding hydrogens is 196 g/mol. The molecule has 0 aromatic rings. The van der Waals surface area contributed by atoms with Crippen molar-refractivity contribution in [3.05, 3.63) is 12.7 Å². The summed E-state index contributed by atoms with van der Waals surface area (Å²) in [4.78, 5) is 4.41. The van der Waals surface area contributed by atoms with E-state index in [4.69, 9.17) is 5.11 Å². The van der Waals surface area contributed by atoms with Crippen LogP contribution in [0, 0.1) is 0 Å². The van der Waals surface area contributed by atoms with Gasteiger partial charge in [-0.2, -0.15) is 8.42 Å². The zero-order chi connectivity index (χ0) is 10.5. The molecule has 0 aromatic carbocycles. The summed E-state index contributed by atoms with van der Waals surface area (Å²) >= 11 is 0. The molecule has 0 aromatic heterocycles. The number of rotatable bonds is 6. The van der Waals surface area contributed by atoms with Gasteiger partial charge in [-0.3, -0.25) is 0 Å². The van der Waals surface area contributed by atoms with Crippen LogP contribution < -0.4 is 0 Å². The molecule has 1 N–H and O–H groups in total. The third-order valence-corrected chi connectivity index (χ3v) is 2.57. The van der Waals surface area contributed by atoms with Gasteiger partial charge in [0.1, 0.15) is 6.10 Å². The average molecular weight is 210 g/mol. The van der Waals surface area contributed by atoms with Crippen LogP contribution in [0.5, 0.6) is 0 Å². The topological polar surface area (TPSA) is 72.8 Å². The van der Waals surface area contributed by atoms with E-state index in [0.29, 0.717) is 0 Å². The highest BCUT2D eigenvalue weighted by atomic mass is 32.2. The first-order chi connectivity index (χ1) is 5.94. The van der Waals surface area contributed by atoms with Gasteiger partial charge in [-0.1, -0.05) is 13.0 Å². The molecule has 0 saturated heterocycles. The van der Waals surface area contributed by atoms with Gasteiger partial charge in [0.15, 0.2) is 5.44 Å². The van der Waals surface area contributed by atoms with E-state index < -0.39 is 21.7 Å². The minimum absolute atomic E-state index is 0.0498. The fourth-order valence-corrected chi connectivity index (χ4v) is 1.14. The second-order valence-electron chi connectivity index (χ2n) is 2.46. The van der Waals surface area contributed by atoms with Crippen LogP contribution in [-0.2, 0) is 19.3 Å². The molecule has 0 spiro atoms. The predicted octanol–water partition coefficient (Wildman–Crippen LogP) is 0.567. The van der Waals surface area contributed by atoms with Crippen molar-refractivity contribution in [1.29, 1.82) is 0 Å². The first-order valence-electron chi connectivity index (χ1n) is 3.83. The van der Waals surface area contributed by atoms with Crippen LogP contribution in [0.15, 0.2) is 12.7 Å². The van der Waals surface area contributed by atoms with Crippen LogP contribution in [0.2, 0.25) is 0 Å². The molecule has 6 heteroatoms. The minimum Gasteiger partial charge on any atom is -0.375 e. The fraction of sp³-hybridized carbons (Fsp3) is 0.714. The SMILES string of the molecule is C=CC(C)OOS(=O)(=O)C(O)CC. The van der Waals surface area contributed by atoms with E-state index in [1.165, 1.54) is 13.0 Å². The van der Waals surface area contributed by atoms with Gasteiger partial charge in [-0.15, -0.1) is 10.9 Å². The first-order valence-corrected chi connectivity index (χ1v) is 5.30. The predicted molar refractivity (Wildman–Crippen MR) is 47.0 cm³/mol. The van der Waals surface area contributed by atoms with Crippen LogP contribution in [0.1, 0.15) is 20.3 Å². The second-order valence-corrected chi connectivity index (χ2v) is 4.13. The van der Waals surface area contributed by atoms with Gasteiger partial charge in [0.05, 0.1) is 0 Å². The van der Waals surface area contributed by atoms with E-state index in [9.17, 15) is 8.42 Å². The molecule has 0 radical (unpaired) electrons. The Morgan fingerprint density at radius 3 is 2.54 bits per heavy atom. The van der Waals surface area contributed by atoms with Crippen molar-refractivity contribution in [3.63, 3.8) is 0 Å². The third kappa shape index (κ3) is 4.37. The summed E-state index contributed by atoms with van der Waals surface area (Å²) in [5.74, 6) is 0. The van der Waals surface area contributed by atoms with Gasteiger partial charge < -0.3 is 5.11 Å². The third-order valence-electron chi connectivity index (χ3n) is 1.30. The highest BCUT2D eigenvalue weighted by Gasteiger charge is 2.23. The standard InChI is InChI=1S/C7H14O5S/c1-4-6(3)11-12-13(9,10)7(8)5-2/h4,6-8H,1,5H2,2-3H3. The Balaban J connectivity index is 4.12. The normalized spacial score (nSPS) is 16.5. The molecule has 0 fully saturated rings. The molecule has 0 amide bonds. The molecule has 0 saturated carbocycles. The molecule has 78 valence electrons. The van der Waals surface area contributed by atoms with Crippen molar-refractivity contribution in [1.82, 2.24) is 0 Å². The fourth-order valence-electron chi connectivity index (χ4n) is 0.405. The van der Waals surface area contributed by atoms with Gasteiger partial charge in [0.2, 0.25) is 0 Å². The Morgan fingerprint density at radius 1 is 1.62 bits per heavy atom. The molecule has 13 heavy (non-hydrogen) atoms. The van der Waals surface area contributed by atoms with Crippen molar-refractivity contribution < 1.29 is 22.7 Å². The van der Waals surface area contributed by atoms with Crippen molar-refractivity contribution in [3.8, 4) is 0 Å². The number of aliphatic hydroxyl groups is 1. The van der Waals surface area contributed by atoms with Gasteiger partial charge in [-0.05, 0) is 13.3 Å². The molecule has 5 nitrogen and oxygen atoms in total. The molecule has 0 aliphatic carbocycles. The zero-order valence-corrected chi connectivity index (χ0v) is 8.45. The molecule has 2 unspecified atom stereocenters. The highest BCUT2D eigenvalue weighted by Crippen LogP contribution is 2.07. The maximum absolute atomic E-state index is 11.0. The molecule has 0 rings (SSSR count). The van der Waals surface area contributed by atoms with E-state index in [-0.39, 0.29) is 6.42 Å². The summed E-state index contributed by atoms with van der Waals surface area (Å²) in [5, 5.41) is 8.95. The zero-order valence-electron chi connectivity index (χ0n) is 7.63. The summed E-state index contributed by atoms with van der Waals surface area (Å²) in [7, 11) is -4.03. The first kappa shape index (κ1) is 12.6. The average Bonchev–Trinajstić information content (AvgIpc) is 2.12. The summed E-state index contributed by atoms with van der Waals surface area (Å²) in [5.41, 5.74) is -1.55. The van der Waals surface area contributed by atoms with Crippen LogP contribution in [-0.4, -0.2) is 25.1 Å². The monoisotopic (exact) mass is 210 g/mol.